The molecule has 88 valence electrons. The first-order valence-corrected chi connectivity index (χ1v) is 7.05. The Labute approximate surface area is 116 Å². The number of aromatic amines is 1. The van der Waals surface area contributed by atoms with E-state index in [2.05, 4.69) is 14.8 Å². The van der Waals surface area contributed by atoms with Crippen LogP contribution in [0.2, 0.25) is 0 Å². The van der Waals surface area contributed by atoms with Crippen LogP contribution in [0, 0.1) is 10.5 Å². The van der Waals surface area contributed by atoms with Gasteiger partial charge in [-0.15, -0.1) is 22.7 Å². The second kappa shape index (κ2) is 4.17. The number of nitrogens with two attached hydrogens (primary N) is 1. The van der Waals surface area contributed by atoms with Crippen LogP contribution in [-0.2, 0) is 0 Å². The van der Waals surface area contributed by atoms with E-state index in [-0.39, 0.29) is 5.82 Å². The largest absolute Gasteiger partial charge is 0.392 e. The zero-order chi connectivity index (χ0) is 12.7. The quantitative estimate of drug-likeness (QED) is 0.521. The molecule has 0 fully saturated rings. The zero-order valence-electron chi connectivity index (χ0n) is 8.93. The average Bonchev–Trinajstić information content (AvgIpc) is 2.95. The molecule has 0 unspecified atom stereocenters. The van der Waals surface area contributed by atoms with Gasteiger partial charge in [0.2, 0.25) is 5.69 Å². The highest BCUT2D eigenvalue weighted by Crippen LogP contribution is 2.43. The molecule has 3 N–H and O–H groups in total. The molecule has 3 aromatic heterocycles. The van der Waals surface area contributed by atoms with Crippen LogP contribution in [0.3, 0.4) is 0 Å². The summed E-state index contributed by atoms with van der Waals surface area (Å²) in [6, 6.07) is 3.92. The Bertz CT molecular complexity index is 820. The molecule has 0 spiro atoms. The van der Waals surface area contributed by atoms with Crippen molar-refractivity contribution in [2.24, 2.45) is 0 Å². The third-order valence-electron chi connectivity index (χ3n) is 2.45. The molecule has 0 saturated heterocycles. The number of pyridine rings is 1. The fraction of sp³-hybridized carbons (Fsp3) is 0. The number of fused-ring (bicyclic) bond motifs is 1. The van der Waals surface area contributed by atoms with Crippen LogP contribution >= 0.6 is 34.9 Å². The van der Waals surface area contributed by atoms with Crippen LogP contribution in [0.15, 0.2) is 17.5 Å². The zero-order valence-corrected chi connectivity index (χ0v) is 11.4. The van der Waals surface area contributed by atoms with Crippen molar-refractivity contribution in [3.05, 3.63) is 32.9 Å². The molecule has 0 atom stereocenters. The molecular formula is C11H6N4S3. The molecule has 3 heterocycles. The molecule has 4 nitrogen and oxygen atoms in total. The molecule has 0 radical (unpaired) electrons. The lowest BCUT2D eigenvalue weighted by molar-refractivity contribution is 1.33. The van der Waals surface area contributed by atoms with Gasteiger partial charge >= 0.3 is 0 Å². The second-order valence-electron chi connectivity index (χ2n) is 3.50. The number of thiazole rings is 1. The molecule has 0 aliphatic heterocycles. The van der Waals surface area contributed by atoms with E-state index in [9.17, 15) is 0 Å². The molecule has 0 amide bonds. The summed E-state index contributed by atoms with van der Waals surface area (Å²) >= 11 is 8.12. The minimum atomic E-state index is 0.241. The number of rotatable bonds is 1. The van der Waals surface area contributed by atoms with Gasteiger partial charge in [-0.3, -0.25) is 0 Å². The van der Waals surface area contributed by atoms with Crippen LogP contribution in [0.1, 0.15) is 0 Å². The van der Waals surface area contributed by atoms with E-state index in [0.717, 1.165) is 15.1 Å². The van der Waals surface area contributed by atoms with Gasteiger partial charge < -0.3 is 10.7 Å². The van der Waals surface area contributed by atoms with Gasteiger partial charge in [-0.05, 0) is 23.7 Å². The maximum Gasteiger partial charge on any atom is 0.237 e. The Kier molecular flexibility index (Phi) is 2.63. The minimum absolute atomic E-state index is 0.241. The van der Waals surface area contributed by atoms with E-state index in [4.69, 9.17) is 24.5 Å². The number of hydrogen-bond acceptors (Lipinski definition) is 5. The third kappa shape index (κ3) is 1.62. The summed E-state index contributed by atoms with van der Waals surface area (Å²) in [6.45, 7) is 7.29. The van der Waals surface area contributed by atoms with E-state index < -0.39 is 0 Å². The van der Waals surface area contributed by atoms with Crippen molar-refractivity contribution < 1.29 is 0 Å². The van der Waals surface area contributed by atoms with E-state index in [1.165, 1.54) is 11.3 Å². The molecule has 0 aromatic carbocycles. The summed E-state index contributed by atoms with van der Waals surface area (Å²) in [5.41, 5.74) is 7.73. The van der Waals surface area contributed by atoms with Crippen LogP contribution in [0.25, 0.3) is 25.6 Å². The number of aromatic nitrogens is 2. The second-order valence-corrected chi connectivity index (χ2v) is 6.14. The lowest BCUT2D eigenvalue weighted by atomic mass is 10.2. The molecule has 0 aliphatic rings. The summed E-state index contributed by atoms with van der Waals surface area (Å²) in [7, 11) is 0. The maximum atomic E-state index is 7.29. The highest BCUT2D eigenvalue weighted by molar-refractivity contribution is 7.73. The van der Waals surface area contributed by atoms with Gasteiger partial charge in [-0.25, -0.2) is 9.83 Å². The Morgan fingerprint density at radius 3 is 3.00 bits per heavy atom. The Hall–Kier alpha value is -1.75. The highest BCUT2D eigenvalue weighted by Gasteiger charge is 2.17. The first-order valence-electron chi connectivity index (χ1n) is 4.94. The highest BCUT2D eigenvalue weighted by atomic mass is 32.1. The normalized spacial score (nSPS) is 10.6. The van der Waals surface area contributed by atoms with Crippen LogP contribution < -0.4 is 5.73 Å². The van der Waals surface area contributed by atoms with E-state index in [1.807, 2.05) is 17.5 Å². The van der Waals surface area contributed by atoms with Crippen LogP contribution in [0.4, 0.5) is 11.5 Å². The van der Waals surface area contributed by atoms with Crippen molar-refractivity contribution in [1.29, 1.82) is 0 Å². The number of anilines is 1. The van der Waals surface area contributed by atoms with Gasteiger partial charge in [0, 0.05) is 10.4 Å². The van der Waals surface area contributed by atoms with Gasteiger partial charge in [0.1, 0.15) is 11.5 Å². The summed E-state index contributed by atoms with van der Waals surface area (Å²) < 4.78 is 1.53. The Balaban J connectivity index is 2.53. The first kappa shape index (κ1) is 11.3. The predicted molar refractivity (Wildman–Crippen MR) is 78.8 cm³/mol. The summed E-state index contributed by atoms with van der Waals surface area (Å²) in [6.07, 6.45) is 0. The van der Waals surface area contributed by atoms with Crippen molar-refractivity contribution in [3.63, 3.8) is 0 Å². The number of thiophene rings is 1. The summed E-state index contributed by atoms with van der Waals surface area (Å²) in [5, 5.41) is 1.97. The average molecular weight is 290 g/mol. The van der Waals surface area contributed by atoms with Crippen molar-refractivity contribution in [3.8, 4) is 10.4 Å². The van der Waals surface area contributed by atoms with E-state index >= 15 is 0 Å². The van der Waals surface area contributed by atoms with Gasteiger partial charge in [-0.1, -0.05) is 6.07 Å². The van der Waals surface area contributed by atoms with Crippen molar-refractivity contribution in [1.82, 2.24) is 9.97 Å². The van der Waals surface area contributed by atoms with Crippen LogP contribution in [0.5, 0.6) is 0 Å². The molecule has 18 heavy (non-hydrogen) atoms. The smallest absolute Gasteiger partial charge is 0.237 e. The number of hydrogen-bond donors (Lipinski definition) is 2. The van der Waals surface area contributed by atoms with Crippen molar-refractivity contribution >= 4 is 56.7 Å². The van der Waals surface area contributed by atoms with Gasteiger partial charge in [0.15, 0.2) is 3.95 Å². The monoisotopic (exact) mass is 290 g/mol. The molecular weight excluding hydrogens is 284 g/mol. The SMILES string of the molecule is [C-]#[N+]c1c(N)nc2[nH]c(=S)sc2c1-c1cccs1. The number of nitrogens with zero attached hydrogens (tertiary/aromatic N) is 2. The maximum absolute atomic E-state index is 7.29. The Morgan fingerprint density at radius 1 is 1.50 bits per heavy atom. The standard InChI is InChI=1S/C11H6N4S3/c1-13-7-6(5-3-2-4-17-5)8-10(14-9(7)12)15-11(16)18-8/h2-4H,(H3,12,14,15,16). The van der Waals surface area contributed by atoms with E-state index in [0.29, 0.717) is 15.3 Å². The molecule has 3 aromatic rings. The van der Waals surface area contributed by atoms with Gasteiger partial charge in [0.25, 0.3) is 0 Å². The van der Waals surface area contributed by atoms with Gasteiger partial charge in [-0.2, -0.15) is 0 Å². The van der Waals surface area contributed by atoms with E-state index in [1.54, 1.807) is 11.3 Å². The Morgan fingerprint density at radius 2 is 2.33 bits per heavy atom. The fourth-order valence-electron chi connectivity index (χ4n) is 1.74. The topological polar surface area (TPSA) is 59.1 Å². The third-order valence-corrected chi connectivity index (χ3v) is 4.58. The summed E-state index contributed by atoms with van der Waals surface area (Å²) in [5.74, 6) is 0.241. The predicted octanol–water partition coefficient (Wildman–Crippen LogP) is 4.22. The number of nitrogens with one attached hydrogen (secondary N) is 1. The molecule has 3 rings (SSSR count). The molecule has 0 aliphatic carbocycles. The molecule has 7 heteroatoms. The summed E-state index contributed by atoms with van der Waals surface area (Å²) in [4.78, 5) is 11.7. The number of nitrogen functional groups attached to an aromatic ring is 1. The van der Waals surface area contributed by atoms with Crippen molar-refractivity contribution in [2.45, 2.75) is 0 Å². The van der Waals surface area contributed by atoms with Crippen LogP contribution in [-0.4, -0.2) is 9.97 Å². The molecule has 0 saturated carbocycles. The fourth-order valence-corrected chi connectivity index (χ4v) is 3.76. The first-order chi connectivity index (χ1) is 8.70. The lowest BCUT2D eigenvalue weighted by Crippen LogP contribution is -1.92. The van der Waals surface area contributed by atoms with Gasteiger partial charge in [0.05, 0.1) is 11.3 Å². The minimum Gasteiger partial charge on any atom is -0.392 e. The molecule has 0 bridgehead atoms. The van der Waals surface area contributed by atoms with Crippen molar-refractivity contribution in [2.75, 3.05) is 5.73 Å². The number of H-pyrrole nitrogens is 1. The lowest BCUT2D eigenvalue weighted by Gasteiger charge is -2.05.